The van der Waals surface area contributed by atoms with Crippen LogP contribution < -0.4 is 0 Å². The van der Waals surface area contributed by atoms with E-state index in [0.29, 0.717) is 13.2 Å². The molecule has 0 N–H and O–H groups in total. The molecule has 1 amide bonds. The van der Waals surface area contributed by atoms with Gasteiger partial charge in [0.2, 0.25) is 5.91 Å². The van der Waals surface area contributed by atoms with Crippen LogP contribution in [-0.4, -0.2) is 36.3 Å². The molecule has 1 aliphatic rings. The molecule has 1 aromatic carbocycles. The summed E-state index contributed by atoms with van der Waals surface area (Å²) in [6, 6.07) is 8.27. The lowest BCUT2D eigenvalue weighted by Crippen LogP contribution is -2.33. The average Bonchev–Trinajstić information content (AvgIpc) is 2.64. The number of hydrogen-bond donors (Lipinski definition) is 0. The van der Waals surface area contributed by atoms with Crippen LogP contribution in [0.3, 0.4) is 0 Å². The maximum atomic E-state index is 12.2. The van der Waals surface area contributed by atoms with E-state index in [1.54, 1.807) is 18.9 Å². The summed E-state index contributed by atoms with van der Waals surface area (Å²) in [5, 5.41) is 0.162. The van der Waals surface area contributed by atoms with Crippen LogP contribution in [0.4, 0.5) is 0 Å². The largest absolute Gasteiger partial charge is 0.383 e. The summed E-state index contributed by atoms with van der Waals surface area (Å²) in [5.74, 6) is 0.213. The van der Waals surface area contributed by atoms with E-state index >= 15 is 0 Å². The second-order valence-electron chi connectivity index (χ2n) is 4.51. The van der Waals surface area contributed by atoms with E-state index in [0.717, 1.165) is 0 Å². The fraction of sp³-hybridized carbons (Fsp3) is 0.500. The molecule has 0 unspecified atom stereocenters. The normalized spacial score (nSPS) is 23.7. The Morgan fingerprint density at radius 2 is 2.11 bits per heavy atom. The molecule has 0 aromatic heterocycles. The molecule has 1 fully saturated rings. The number of methoxy groups -OCH3 is 1. The molecule has 0 aliphatic carbocycles. The van der Waals surface area contributed by atoms with Gasteiger partial charge in [-0.3, -0.25) is 4.79 Å². The Hall–Kier alpha value is -1.00. The van der Waals surface area contributed by atoms with Crippen LogP contribution in [0, 0.1) is 6.92 Å². The highest BCUT2D eigenvalue weighted by Gasteiger charge is 2.38. The number of carbonyl (C=O) groups is 1. The summed E-state index contributed by atoms with van der Waals surface area (Å²) in [7, 11) is 1.67. The number of benzene rings is 1. The SMILES string of the molecule is COCCN1C(=O)[C@H](C)S[C@H]1c1ccccc1C. The lowest BCUT2D eigenvalue weighted by atomic mass is 10.1. The van der Waals surface area contributed by atoms with E-state index in [4.69, 9.17) is 4.74 Å². The zero-order valence-corrected chi connectivity index (χ0v) is 11.9. The predicted molar refractivity (Wildman–Crippen MR) is 74.6 cm³/mol. The first-order chi connectivity index (χ1) is 8.65. The van der Waals surface area contributed by atoms with Gasteiger partial charge in [0.05, 0.1) is 11.9 Å². The standard InChI is InChI=1S/C14H19NO2S/c1-10-6-4-5-7-12(10)14-15(8-9-17-3)13(16)11(2)18-14/h4-7,11,14H,8-9H2,1-3H3/t11-,14-/m0/s1. The van der Waals surface area contributed by atoms with Crippen molar-refractivity contribution in [2.24, 2.45) is 0 Å². The third-order valence-corrected chi connectivity index (χ3v) is 4.61. The van der Waals surface area contributed by atoms with Crippen molar-refractivity contribution in [1.29, 1.82) is 0 Å². The zero-order chi connectivity index (χ0) is 13.1. The van der Waals surface area contributed by atoms with Crippen LogP contribution in [0.5, 0.6) is 0 Å². The molecule has 3 nitrogen and oxygen atoms in total. The number of aryl methyl sites for hydroxylation is 1. The Morgan fingerprint density at radius 3 is 2.78 bits per heavy atom. The molecule has 98 valence electrons. The Balaban J connectivity index is 2.25. The molecule has 1 aromatic rings. The molecule has 2 rings (SSSR count). The van der Waals surface area contributed by atoms with Crippen LogP contribution >= 0.6 is 11.8 Å². The van der Waals surface area contributed by atoms with E-state index < -0.39 is 0 Å². The van der Waals surface area contributed by atoms with Crippen molar-refractivity contribution in [2.75, 3.05) is 20.3 Å². The Kier molecular flexibility index (Phi) is 4.30. The number of nitrogens with zero attached hydrogens (tertiary/aromatic N) is 1. The van der Waals surface area contributed by atoms with Gasteiger partial charge in [-0.15, -0.1) is 11.8 Å². The number of carbonyl (C=O) groups excluding carboxylic acids is 1. The maximum absolute atomic E-state index is 12.2. The van der Waals surface area contributed by atoms with Crippen molar-refractivity contribution in [3.63, 3.8) is 0 Å². The van der Waals surface area contributed by atoms with Crippen molar-refractivity contribution in [3.05, 3.63) is 35.4 Å². The number of amides is 1. The highest BCUT2D eigenvalue weighted by Crippen LogP contribution is 2.43. The lowest BCUT2D eigenvalue weighted by Gasteiger charge is -2.25. The van der Waals surface area contributed by atoms with E-state index in [1.165, 1.54) is 11.1 Å². The average molecular weight is 265 g/mol. The van der Waals surface area contributed by atoms with Crippen molar-refractivity contribution in [1.82, 2.24) is 4.90 Å². The molecule has 2 atom stereocenters. The number of rotatable bonds is 4. The zero-order valence-electron chi connectivity index (χ0n) is 11.1. The number of thioether (sulfide) groups is 1. The molecule has 0 spiro atoms. The van der Waals surface area contributed by atoms with Gasteiger partial charge in [-0.25, -0.2) is 0 Å². The van der Waals surface area contributed by atoms with Crippen LogP contribution in [0.2, 0.25) is 0 Å². The van der Waals surface area contributed by atoms with Crippen LogP contribution in [-0.2, 0) is 9.53 Å². The van der Waals surface area contributed by atoms with E-state index in [-0.39, 0.29) is 16.5 Å². The first kappa shape index (κ1) is 13.4. The topological polar surface area (TPSA) is 29.5 Å². The van der Waals surface area contributed by atoms with Gasteiger partial charge in [-0.05, 0) is 25.0 Å². The predicted octanol–water partition coefficient (Wildman–Crippen LogP) is 2.60. The molecule has 1 aliphatic heterocycles. The first-order valence-electron chi connectivity index (χ1n) is 6.15. The van der Waals surface area contributed by atoms with Crippen molar-refractivity contribution in [2.45, 2.75) is 24.5 Å². The summed E-state index contributed by atoms with van der Waals surface area (Å²) in [5.41, 5.74) is 2.47. The molecule has 0 radical (unpaired) electrons. The van der Waals surface area contributed by atoms with Gasteiger partial charge in [-0.1, -0.05) is 24.3 Å². The third-order valence-electron chi connectivity index (χ3n) is 3.24. The molecule has 18 heavy (non-hydrogen) atoms. The molecule has 1 heterocycles. The first-order valence-corrected chi connectivity index (χ1v) is 7.10. The summed E-state index contributed by atoms with van der Waals surface area (Å²) < 4.78 is 5.10. The monoisotopic (exact) mass is 265 g/mol. The highest BCUT2D eigenvalue weighted by molar-refractivity contribution is 8.01. The Labute approximate surface area is 113 Å². The lowest BCUT2D eigenvalue weighted by molar-refractivity contribution is -0.130. The molecular weight excluding hydrogens is 246 g/mol. The Bertz CT molecular complexity index is 436. The van der Waals surface area contributed by atoms with Crippen LogP contribution in [0.1, 0.15) is 23.4 Å². The van der Waals surface area contributed by atoms with Gasteiger partial charge < -0.3 is 9.64 Å². The quantitative estimate of drug-likeness (QED) is 0.838. The van der Waals surface area contributed by atoms with Gasteiger partial charge in [0.1, 0.15) is 5.37 Å². The minimum atomic E-state index is 0.0338. The second kappa shape index (κ2) is 5.76. The van der Waals surface area contributed by atoms with E-state index in [9.17, 15) is 4.79 Å². The molecule has 0 saturated carbocycles. The van der Waals surface area contributed by atoms with Crippen LogP contribution in [0.15, 0.2) is 24.3 Å². The molecular formula is C14H19NO2S. The molecule has 4 heteroatoms. The van der Waals surface area contributed by atoms with Gasteiger partial charge in [-0.2, -0.15) is 0 Å². The van der Waals surface area contributed by atoms with Crippen molar-refractivity contribution < 1.29 is 9.53 Å². The van der Waals surface area contributed by atoms with Gasteiger partial charge in [0.15, 0.2) is 0 Å². The van der Waals surface area contributed by atoms with Crippen molar-refractivity contribution >= 4 is 17.7 Å². The van der Waals surface area contributed by atoms with Gasteiger partial charge in [0.25, 0.3) is 0 Å². The maximum Gasteiger partial charge on any atom is 0.236 e. The highest BCUT2D eigenvalue weighted by atomic mass is 32.2. The Morgan fingerprint density at radius 1 is 1.39 bits per heavy atom. The summed E-state index contributed by atoms with van der Waals surface area (Å²) in [6.07, 6.45) is 0. The molecule has 1 saturated heterocycles. The van der Waals surface area contributed by atoms with Gasteiger partial charge in [0, 0.05) is 13.7 Å². The fourth-order valence-corrected chi connectivity index (χ4v) is 3.60. The fourth-order valence-electron chi connectivity index (χ4n) is 2.20. The molecule has 0 bridgehead atoms. The second-order valence-corrected chi connectivity index (χ2v) is 5.94. The number of ether oxygens (including phenoxy) is 1. The smallest absolute Gasteiger partial charge is 0.236 e. The minimum absolute atomic E-state index is 0.0338. The summed E-state index contributed by atoms with van der Waals surface area (Å²) in [6.45, 7) is 5.32. The van der Waals surface area contributed by atoms with E-state index in [2.05, 4.69) is 19.1 Å². The minimum Gasteiger partial charge on any atom is -0.383 e. The summed E-state index contributed by atoms with van der Waals surface area (Å²) in [4.78, 5) is 14.1. The summed E-state index contributed by atoms with van der Waals surface area (Å²) >= 11 is 1.72. The third kappa shape index (κ3) is 2.54. The van der Waals surface area contributed by atoms with Crippen LogP contribution in [0.25, 0.3) is 0 Å². The number of hydrogen-bond acceptors (Lipinski definition) is 3. The van der Waals surface area contributed by atoms with E-state index in [1.807, 2.05) is 24.0 Å². The van der Waals surface area contributed by atoms with Crippen molar-refractivity contribution in [3.8, 4) is 0 Å². The van der Waals surface area contributed by atoms with Gasteiger partial charge >= 0.3 is 0 Å².